The number of ketones is 1. The van der Waals surface area contributed by atoms with Crippen LogP contribution in [0.4, 0.5) is 0 Å². The number of aliphatic hydroxyl groups excluding tert-OH is 3. The van der Waals surface area contributed by atoms with Crippen LogP contribution in [0, 0.1) is 16.7 Å². The quantitative estimate of drug-likeness (QED) is 0.474. The summed E-state index contributed by atoms with van der Waals surface area (Å²) in [6.07, 6.45) is 0.462. The lowest BCUT2D eigenvalue weighted by Crippen LogP contribution is -2.40. The molecule has 1 heterocycles. The first-order valence-electron chi connectivity index (χ1n) is 9.15. The molecule has 3 N–H and O–H groups in total. The molecule has 1 fully saturated rings. The highest BCUT2D eigenvalue weighted by molar-refractivity contribution is 5.83. The third-order valence-corrected chi connectivity index (χ3v) is 5.24. The Labute approximate surface area is 152 Å². The number of nitrogens with zero attached hydrogens (tertiary/aromatic N) is 1. The molecule has 26 heavy (non-hydrogen) atoms. The Balaban J connectivity index is 2.18. The predicted octanol–water partition coefficient (Wildman–Crippen LogP) is 1.78. The smallest absolute Gasteiger partial charge is 0.312 e. The first kappa shape index (κ1) is 20.5. The minimum Gasteiger partial charge on any atom is -0.513 e. The summed E-state index contributed by atoms with van der Waals surface area (Å²) in [5.41, 5.74) is 0. The van der Waals surface area contributed by atoms with E-state index in [1.807, 2.05) is 0 Å². The highest BCUT2D eigenvalue weighted by Crippen LogP contribution is 2.34. The topological polar surface area (TPSA) is 133 Å². The number of fused-ring (bicyclic) bond motifs is 1. The fourth-order valence-corrected chi connectivity index (χ4v) is 3.78. The molecule has 1 aliphatic heterocycles. The van der Waals surface area contributed by atoms with Crippen LogP contribution in [-0.4, -0.2) is 51.4 Å². The number of aliphatic hydroxyl groups is 3. The summed E-state index contributed by atoms with van der Waals surface area (Å²) in [5, 5.41) is 33.0. The summed E-state index contributed by atoms with van der Waals surface area (Å²) in [6, 6.07) is -1.02. The fraction of sp³-hybridized carbons (Fsp3) is 0.778. The second-order valence-electron chi connectivity index (χ2n) is 7.29. The lowest BCUT2D eigenvalue weighted by atomic mass is 9.77. The number of allylic oxidation sites excluding steroid dienone is 1. The molecule has 8 heteroatoms. The Hall–Kier alpha value is -1.80. The molecule has 0 bridgehead atoms. The van der Waals surface area contributed by atoms with Crippen molar-refractivity contribution in [1.82, 2.24) is 0 Å². The number of carbonyl (C=O) groups excluding carboxylic acids is 2. The Morgan fingerprint density at radius 2 is 1.88 bits per heavy atom. The van der Waals surface area contributed by atoms with Gasteiger partial charge in [0.1, 0.15) is 12.1 Å². The number of carbonyl (C=O) groups is 2. The van der Waals surface area contributed by atoms with Crippen molar-refractivity contribution >= 4 is 11.8 Å². The van der Waals surface area contributed by atoms with E-state index in [2.05, 4.69) is 5.18 Å². The fourth-order valence-electron chi connectivity index (χ4n) is 3.78. The summed E-state index contributed by atoms with van der Waals surface area (Å²) in [6.45, 7) is 1.71. The molecule has 0 aromatic heterocycles. The molecule has 4 unspecified atom stereocenters. The van der Waals surface area contributed by atoms with Gasteiger partial charge in [-0.1, -0.05) is 11.6 Å². The molecule has 6 atom stereocenters. The van der Waals surface area contributed by atoms with Crippen LogP contribution in [0.2, 0.25) is 0 Å². The van der Waals surface area contributed by atoms with E-state index in [0.29, 0.717) is 25.7 Å². The van der Waals surface area contributed by atoms with E-state index in [0.717, 1.165) is 0 Å². The number of ether oxygens (including phenoxy) is 1. The van der Waals surface area contributed by atoms with Crippen molar-refractivity contribution in [1.29, 1.82) is 0 Å². The second-order valence-corrected chi connectivity index (χ2v) is 7.29. The first-order valence-corrected chi connectivity index (χ1v) is 9.15. The van der Waals surface area contributed by atoms with Gasteiger partial charge in [0, 0.05) is 12.8 Å². The van der Waals surface area contributed by atoms with Crippen molar-refractivity contribution in [2.24, 2.45) is 17.0 Å². The zero-order valence-corrected chi connectivity index (χ0v) is 14.9. The summed E-state index contributed by atoms with van der Waals surface area (Å²) >= 11 is 0. The number of hydrogen-bond acceptors (Lipinski definition) is 8. The molecule has 0 aromatic carbocycles. The average Bonchev–Trinajstić information content (AvgIpc) is 2.56. The van der Waals surface area contributed by atoms with Gasteiger partial charge in [-0.15, -0.1) is 0 Å². The molecule has 2 rings (SSSR count). The van der Waals surface area contributed by atoms with Gasteiger partial charge in [0.05, 0.1) is 23.9 Å². The highest BCUT2D eigenvalue weighted by Gasteiger charge is 2.39. The maximum atomic E-state index is 12.5. The lowest BCUT2D eigenvalue weighted by Gasteiger charge is -2.33. The van der Waals surface area contributed by atoms with Crippen LogP contribution in [0.25, 0.3) is 0 Å². The van der Waals surface area contributed by atoms with Crippen LogP contribution in [0.5, 0.6) is 0 Å². The van der Waals surface area contributed by atoms with Crippen molar-refractivity contribution < 1.29 is 29.6 Å². The van der Waals surface area contributed by atoms with Crippen molar-refractivity contribution in [3.05, 3.63) is 16.7 Å². The Morgan fingerprint density at radius 3 is 2.58 bits per heavy atom. The molecule has 0 amide bonds. The maximum Gasteiger partial charge on any atom is 0.312 e. The van der Waals surface area contributed by atoms with Crippen molar-refractivity contribution in [2.45, 2.75) is 76.2 Å². The van der Waals surface area contributed by atoms with Crippen molar-refractivity contribution in [2.75, 3.05) is 0 Å². The molecular formula is C18H27NO7. The van der Waals surface area contributed by atoms with Gasteiger partial charge >= 0.3 is 5.97 Å². The molecule has 0 spiro atoms. The average molecular weight is 369 g/mol. The highest BCUT2D eigenvalue weighted by atomic mass is 16.5. The van der Waals surface area contributed by atoms with Gasteiger partial charge in [0.15, 0.2) is 5.78 Å². The molecule has 1 saturated heterocycles. The van der Waals surface area contributed by atoms with Gasteiger partial charge in [0.2, 0.25) is 0 Å². The summed E-state index contributed by atoms with van der Waals surface area (Å²) in [7, 11) is 0. The number of Topliss-reactive ketones (excluding diaryl/α,β-unsaturated/α-hetero) is 1. The molecule has 2 aliphatic rings. The maximum absolute atomic E-state index is 12.5. The first-order chi connectivity index (χ1) is 12.3. The molecule has 1 aliphatic carbocycles. The molecule has 0 radical (unpaired) electrons. The summed E-state index contributed by atoms with van der Waals surface area (Å²) in [4.78, 5) is 35.5. The van der Waals surface area contributed by atoms with Gasteiger partial charge in [0.25, 0.3) is 0 Å². The Bertz CT molecular complexity index is 562. The van der Waals surface area contributed by atoms with E-state index < -0.39 is 42.0 Å². The van der Waals surface area contributed by atoms with E-state index in [4.69, 9.17) is 4.74 Å². The standard InChI is InChI=1S/C18H27NO7/c1-10-4-2-7-14(21)17(23)13(19-25)6-3-5-11-8-12(20)9-15(22)16(11)18(24)26-10/h9-11,13,15-17,20,22-23H,2-8H2,1H3/t10?,11?,13-,15?,16?,17-/m1/s1. The van der Waals surface area contributed by atoms with E-state index in [1.165, 1.54) is 6.08 Å². The minimum atomic E-state index is -1.42. The van der Waals surface area contributed by atoms with Gasteiger partial charge in [-0.3, -0.25) is 9.59 Å². The second kappa shape index (κ2) is 9.23. The number of esters is 1. The molecule has 0 aromatic rings. The van der Waals surface area contributed by atoms with Crippen LogP contribution in [0.3, 0.4) is 0 Å². The SMILES string of the molecule is CC1CCCC(=O)[C@H](O)[C@H](N=O)CCCC2CC(O)=CC(O)C2C(=O)O1. The normalized spacial score (nSPS) is 37.7. The number of nitroso groups, excluding NO2 is 1. The van der Waals surface area contributed by atoms with Gasteiger partial charge in [-0.05, 0) is 44.6 Å². The zero-order valence-electron chi connectivity index (χ0n) is 14.9. The van der Waals surface area contributed by atoms with Crippen LogP contribution in [-0.2, 0) is 14.3 Å². The number of cyclic esters (lactones) is 1. The summed E-state index contributed by atoms with van der Waals surface area (Å²) in [5.74, 6) is -2.08. The van der Waals surface area contributed by atoms with E-state index >= 15 is 0 Å². The molecule has 146 valence electrons. The van der Waals surface area contributed by atoms with E-state index in [1.54, 1.807) is 6.92 Å². The summed E-state index contributed by atoms with van der Waals surface area (Å²) < 4.78 is 5.42. The Kier molecular flexibility index (Phi) is 7.28. The Morgan fingerprint density at radius 1 is 1.15 bits per heavy atom. The third kappa shape index (κ3) is 5.11. The van der Waals surface area contributed by atoms with Gasteiger partial charge in [-0.25, -0.2) is 0 Å². The monoisotopic (exact) mass is 369 g/mol. The minimum absolute atomic E-state index is 0.0148. The molecular weight excluding hydrogens is 342 g/mol. The van der Waals surface area contributed by atoms with Gasteiger partial charge in [-0.2, -0.15) is 4.91 Å². The van der Waals surface area contributed by atoms with E-state index in [9.17, 15) is 29.8 Å². The van der Waals surface area contributed by atoms with Crippen molar-refractivity contribution in [3.63, 3.8) is 0 Å². The number of rotatable bonds is 1. The third-order valence-electron chi connectivity index (χ3n) is 5.24. The zero-order chi connectivity index (χ0) is 19.3. The largest absolute Gasteiger partial charge is 0.513 e. The number of hydrogen-bond donors (Lipinski definition) is 3. The molecule has 0 saturated carbocycles. The van der Waals surface area contributed by atoms with Crippen molar-refractivity contribution in [3.8, 4) is 0 Å². The van der Waals surface area contributed by atoms with Crippen LogP contribution < -0.4 is 0 Å². The van der Waals surface area contributed by atoms with Crippen LogP contribution in [0.15, 0.2) is 17.0 Å². The van der Waals surface area contributed by atoms with Crippen LogP contribution in [0.1, 0.15) is 51.9 Å². The van der Waals surface area contributed by atoms with E-state index in [-0.39, 0.29) is 30.9 Å². The molecule has 8 nitrogen and oxygen atoms in total. The predicted molar refractivity (Wildman–Crippen MR) is 92.2 cm³/mol. The van der Waals surface area contributed by atoms with Gasteiger partial charge < -0.3 is 20.1 Å². The van der Waals surface area contributed by atoms with Crippen LogP contribution >= 0.6 is 0 Å². The lowest BCUT2D eigenvalue weighted by molar-refractivity contribution is -0.160.